The summed E-state index contributed by atoms with van der Waals surface area (Å²) in [7, 11) is 0. The number of aromatic amines is 2. The lowest BCUT2D eigenvalue weighted by atomic mass is 10.0. The van der Waals surface area contributed by atoms with E-state index in [1.54, 1.807) is 0 Å². The third-order valence-corrected chi connectivity index (χ3v) is 9.89. The number of carbonyl (C=O) groups excluding carboxylic acids is 2. The maximum atomic E-state index is 12.7. The molecule has 0 saturated heterocycles. The van der Waals surface area contributed by atoms with Crippen LogP contribution in [0.25, 0.3) is 55.4 Å². The number of amides is 2. The van der Waals surface area contributed by atoms with Crippen molar-refractivity contribution >= 4 is 45.2 Å². The maximum absolute atomic E-state index is 12.7. The van der Waals surface area contributed by atoms with E-state index in [1.165, 1.54) is 25.7 Å². The summed E-state index contributed by atoms with van der Waals surface area (Å²) < 4.78 is 11.1. The lowest BCUT2D eigenvalue weighted by Crippen LogP contribution is -2.35. The molecule has 2 aliphatic carbocycles. The number of nitrogens with zero attached hydrogens (tertiary/aromatic N) is 3. The van der Waals surface area contributed by atoms with Gasteiger partial charge in [0.2, 0.25) is 0 Å². The number of nitrogens with one attached hydrogen (secondary N) is 4. The molecule has 0 bridgehead atoms. The highest BCUT2D eigenvalue weighted by Crippen LogP contribution is 2.39. The zero-order valence-electron chi connectivity index (χ0n) is 31.9. The zero-order valence-corrected chi connectivity index (χ0v) is 31.9. The fraction of sp³-hybridized carbons (Fsp3) is 0.419. The van der Waals surface area contributed by atoms with Crippen molar-refractivity contribution in [2.75, 3.05) is 0 Å². The third kappa shape index (κ3) is 8.51. The largest absolute Gasteiger partial charge is 0.444 e. The molecular weight excluding hydrogens is 679 g/mol. The Balaban J connectivity index is 1.01. The first-order valence-corrected chi connectivity index (χ1v) is 19.1. The quantitative estimate of drug-likeness (QED) is 0.110. The van der Waals surface area contributed by atoms with Gasteiger partial charge in [-0.05, 0) is 120 Å². The van der Waals surface area contributed by atoms with Gasteiger partial charge in [-0.15, -0.1) is 0 Å². The molecule has 54 heavy (non-hydrogen) atoms. The van der Waals surface area contributed by atoms with Crippen molar-refractivity contribution in [3.63, 3.8) is 0 Å². The first kappa shape index (κ1) is 35.6. The Kier molecular flexibility index (Phi) is 9.06. The van der Waals surface area contributed by atoms with Crippen LogP contribution in [-0.2, 0) is 9.47 Å². The number of pyridine rings is 1. The summed E-state index contributed by atoms with van der Waals surface area (Å²) >= 11 is 0. The maximum Gasteiger partial charge on any atom is 0.408 e. The molecule has 0 radical (unpaired) electrons. The molecule has 0 aliphatic heterocycles. The van der Waals surface area contributed by atoms with E-state index < -0.39 is 23.4 Å². The topological polar surface area (TPSA) is 147 Å². The van der Waals surface area contributed by atoms with Crippen molar-refractivity contribution in [2.45, 2.75) is 103 Å². The van der Waals surface area contributed by atoms with Crippen LogP contribution in [0.4, 0.5) is 9.59 Å². The van der Waals surface area contributed by atoms with E-state index in [4.69, 9.17) is 24.4 Å². The van der Waals surface area contributed by atoms with Crippen LogP contribution in [0.1, 0.15) is 104 Å². The summed E-state index contributed by atoms with van der Waals surface area (Å²) in [5, 5.41) is 7.14. The van der Waals surface area contributed by atoms with Gasteiger partial charge >= 0.3 is 12.2 Å². The first-order valence-electron chi connectivity index (χ1n) is 19.1. The minimum Gasteiger partial charge on any atom is -0.444 e. The van der Waals surface area contributed by atoms with Crippen LogP contribution in [-0.4, -0.2) is 48.3 Å². The van der Waals surface area contributed by atoms with Crippen molar-refractivity contribution in [1.29, 1.82) is 0 Å². The Bertz CT molecular complexity index is 2190. The fourth-order valence-electron chi connectivity index (χ4n) is 6.94. The van der Waals surface area contributed by atoms with E-state index in [1.807, 2.05) is 65.8 Å². The monoisotopic (exact) mass is 727 g/mol. The molecule has 6 aromatic rings. The molecule has 3 heterocycles. The second-order valence-electron chi connectivity index (χ2n) is 17.1. The smallest absolute Gasteiger partial charge is 0.408 e. The average Bonchev–Trinajstić information content (AvgIpc) is 4.02. The summed E-state index contributed by atoms with van der Waals surface area (Å²) in [4.78, 5) is 47.1. The van der Waals surface area contributed by atoms with Crippen LogP contribution in [0.3, 0.4) is 0 Å². The molecule has 3 aromatic carbocycles. The average molecular weight is 728 g/mol. The van der Waals surface area contributed by atoms with E-state index in [0.29, 0.717) is 11.8 Å². The highest BCUT2D eigenvalue weighted by molar-refractivity contribution is 5.90. The number of alkyl carbamates (subject to hydrolysis) is 2. The van der Waals surface area contributed by atoms with E-state index >= 15 is 0 Å². The molecule has 2 amide bonds. The standard InChI is InChI=1S/C43H49N7O4/c1-42(2,3)53-40(51)49-36(19-24-7-8-24)38-45-32-17-12-27(22-34(32)47-38)26-11-15-30-28(21-26)13-16-31(44-30)29-14-18-33-35(23-29)48-39(46-33)37(20-25-9-10-25)50-41(52)54-43(4,5)6/h11-18,21-25,36-37H,7-10,19-20H2,1-6H3,(H,45,47)(H,46,48)(H,49,51)(H,50,52)/t36-,37-/m0/s1. The van der Waals surface area contributed by atoms with Crippen LogP contribution in [0.2, 0.25) is 0 Å². The molecule has 11 nitrogen and oxygen atoms in total. The number of fused-ring (bicyclic) bond motifs is 3. The first-order chi connectivity index (χ1) is 25.7. The highest BCUT2D eigenvalue weighted by atomic mass is 16.6. The second kappa shape index (κ2) is 13.8. The second-order valence-corrected chi connectivity index (χ2v) is 17.1. The van der Waals surface area contributed by atoms with Gasteiger partial charge in [0.15, 0.2) is 0 Å². The number of rotatable bonds is 10. The number of hydrogen-bond acceptors (Lipinski definition) is 7. The fourth-order valence-corrected chi connectivity index (χ4v) is 6.94. The molecule has 2 atom stereocenters. The third-order valence-electron chi connectivity index (χ3n) is 9.89. The van der Waals surface area contributed by atoms with Crippen molar-refractivity contribution in [3.05, 3.63) is 78.4 Å². The Morgan fingerprint density at radius 2 is 1.09 bits per heavy atom. The summed E-state index contributed by atoms with van der Waals surface area (Å²) in [6.45, 7) is 11.2. The van der Waals surface area contributed by atoms with Crippen LogP contribution in [0, 0.1) is 11.8 Å². The van der Waals surface area contributed by atoms with Gasteiger partial charge in [-0.25, -0.2) is 24.5 Å². The lowest BCUT2D eigenvalue weighted by Gasteiger charge is -2.22. The number of carbonyl (C=O) groups is 2. The number of aromatic nitrogens is 5. The molecule has 8 rings (SSSR count). The van der Waals surface area contributed by atoms with Gasteiger partial charge in [-0.2, -0.15) is 0 Å². The lowest BCUT2D eigenvalue weighted by molar-refractivity contribution is 0.0485. The summed E-state index contributed by atoms with van der Waals surface area (Å²) in [6, 6.07) is 22.3. The van der Waals surface area contributed by atoms with Gasteiger partial charge in [-0.1, -0.05) is 49.9 Å². The minimum atomic E-state index is -0.575. The molecule has 2 saturated carbocycles. The van der Waals surface area contributed by atoms with Crippen molar-refractivity contribution in [2.24, 2.45) is 11.8 Å². The highest BCUT2D eigenvalue weighted by Gasteiger charge is 2.32. The van der Waals surface area contributed by atoms with Gasteiger partial charge in [0.1, 0.15) is 22.9 Å². The molecule has 0 spiro atoms. The molecule has 2 fully saturated rings. The molecule has 0 unspecified atom stereocenters. The van der Waals surface area contributed by atoms with E-state index in [2.05, 4.69) is 63.1 Å². The van der Waals surface area contributed by atoms with Gasteiger partial charge < -0.3 is 30.1 Å². The molecule has 280 valence electrons. The molecular formula is C43H49N7O4. The number of imidazole rings is 2. The van der Waals surface area contributed by atoms with Crippen LogP contribution >= 0.6 is 0 Å². The predicted octanol–water partition coefficient (Wildman–Crippen LogP) is 10.1. The SMILES string of the molecule is CC(C)(C)OC(=O)N[C@@H](CC1CC1)c1nc2ccc(-c3ccc4nc(-c5ccc6nc([C@H](CC7CC7)NC(=O)OC(C)(C)C)[nH]c6c5)ccc4c3)cc2[nH]1. The number of H-pyrrole nitrogens is 2. The molecule has 4 N–H and O–H groups in total. The minimum absolute atomic E-state index is 0.245. The Morgan fingerprint density at radius 3 is 1.59 bits per heavy atom. The predicted molar refractivity (Wildman–Crippen MR) is 211 cm³/mol. The Labute approximate surface area is 315 Å². The van der Waals surface area contributed by atoms with Gasteiger partial charge in [0.05, 0.1) is 45.4 Å². The van der Waals surface area contributed by atoms with Gasteiger partial charge in [-0.3, -0.25) is 0 Å². The number of benzene rings is 3. The zero-order chi connectivity index (χ0) is 37.8. The van der Waals surface area contributed by atoms with Crippen molar-refractivity contribution in [3.8, 4) is 22.4 Å². The van der Waals surface area contributed by atoms with Crippen LogP contribution < -0.4 is 10.6 Å². The van der Waals surface area contributed by atoms with E-state index in [9.17, 15) is 9.59 Å². The molecule has 3 aromatic heterocycles. The van der Waals surface area contributed by atoms with Crippen molar-refractivity contribution < 1.29 is 19.1 Å². The van der Waals surface area contributed by atoms with E-state index in [0.717, 1.165) is 79.8 Å². The summed E-state index contributed by atoms with van der Waals surface area (Å²) in [5.74, 6) is 2.65. The van der Waals surface area contributed by atoms with Crippen molar-refractivity contribution in [1.82, 2.24) is 35.6 Å². The number of ether oxygens (including phenoxy) is 2. The summed E-state index contributed by atoms with van der Waals surface area (Å²) in [5.41, 5.74) is 7.22. The molecule has 2 aliphatic rings. The Hall–Kier alpha value is -5.45. The summed E-state index contributed by atoms with van der Waals surface area (Å²) in [6.07, 6.45) is 5.48. The van der Waals surface area contributed by atoms with Crippen LogP contribution in [0.5, 0.6) is 0 Å². The normalized spacial score (nSPS) is 16.0. The number of hydrogen-bond donors (Lipinski definition) is 4. The van der Waals surface area contributed by atoms with Gasteiger partial charge in [0, 0.05) is 10.9 Å². The Morgan fingerprint density at radius 1 is 0.630 bits per heavy atom. The van der Waals surface area contributed by atoms with E-state index in [-0.39, 0.29) is 12.1 Å². The van der Waals surface area contributed by atoms with Gasteiger partial charge in [0.25, 0.3) is 0 Å². The molecule has 11 heteroatoms. The van der Waals surface area contributed by atoms with Crippen LogP contribution in [0.15, 0.2) is 66.7 Å².